The van der Waals surface area contributed by atoms with Gasteiger partial charge in [-0.3, -0.25) is 0 Å². The molecule has 0 bridgehead atoms. The van der Waals surface area contributed by atoms with E-state index in [-0.39, 0.29) is 14.1 Å². The Morgan fingerprint density at radius 2 is 2.50 bits per heavy atom. The van der Waals surface area contributed by atoms with E-state index in [1.54, 1.807) is 0 Å². The van der Waals surface area contributed by atoms with E-state index in [2.05, 4.69) is 15.4 Å². The number of carboxylic acid groups (broad SMARTS) is 1. The molecular weight excluding hydrogens is 169 g/mol. The minimum atomic E-state index is -1.01. The van der Waals surface area contributed by atoms with E-state index >= 15 is 0 Å². The van der Waals surface area contributed by atoms with Gasteiger partial charge in [0, 0.05) is 0 Å². The quantitative estimate of drug-likeness (QED) is 0.376. The second-order valence-corrected chi connectivity index (χ2v) is 2.26. The molecule has 0 aromatic carbocycles. The molecular formula is CH3NO2SSe. The predicted molar refractivity (Wildman–Crippen MR) is 25.9 cm³/mol. The number of rotatable bonds is 1. The summed E-state index contributed by atoms with van der Waals surface area (Å²) in [6.07, 6.45) is -1.01. The molecule has 0 aliphatic carbocycles. The van der Waals surface area contributed by atoms with Crippen LogP contribution in [-0.2, 0) is 0 Å². The van der Waals surface area contributed by atoms with Gasteiger partial charge in [-0.25, -0.2) is 0 Å². The normalized spacial score (nSPS) is 7.50. The van der Waals surface area contributed by atoms with Gasteiger partial charge >= 0.3 is 45.4 Å². The number of carbonyl (C=O) groups is 1. The van der Waals surface area contributed by atoms with Crippen molar-refractivity contribution in [2.45, 2.75) is 0 Å². The summed E-state index contributed by atoms with van der Waals surface area (Å²) in [5.74, 6) is 0. The SMILES string of the molecule is O=C(O)N[Se]S. The summed E-state index contributed by atoms with van der Waals surface area (Å²) in [5.41, 5.74) is 0. The Labute approximate surface area is 46.0 Å². The van der Waals surface area contributed by atoms with Gasteiger partial charge < -0.3 is 0 Å². The maximum atomic E-state index is 9.45. The first-order valence-electron chi connectivity index (χ1n) is 1.06. The van der Waals surface area contributed by atoms with Crippen LogP contribution in [0.1, 0.15) is 0 Å². The van der Waals surface area contributed by atoms with Crippen LogP contribution < -0.4 is 4.33 Å². The molecule has 0 rings (SSSR count). The molecule has 5 heteroatoms. The van der Waals surface area contributed by atoms with Crippen molar-refractivity contribution in [1.82, 2.24) is 4.33 Å². The van der Waals surface area contributed by atoms with Crippen molar-refractivity contribution in [2.75, 3.05) is 0 Å². The monoisotopic (exact) mass is 173 g/mol. The molecule has 36 valence electrons. The Morgan fingerprint density at radius 3 is 2.50 bits per heavy atom. The molecule has 0 heterocycles. The van der Waals surface area contributed by atoms with Gasteiger partial charge in [0.1, 0.15) is 0 Å². The summed E-state index contributed by atoms with van der Waals surface area (Å²) >= 11 is 3.37. The van der Waals surface area contributed by atoms with Gasteiger partial charge in [-0.2, -0.15) is 0 Å². The molecule has 0 unspecified atom stereocenters. The van der Waals surface area contributed by atoms with Crippen molar-refractivity contribution in [3.8, 4) is 0 Å². The summed E-state index contributed by atoms with van der Waals surface area (Å²) in [6, 6.07) is 0. The molecule has 0 aromatic heterocycles. The van der Waals surface area contributed by atoms with E-state index in [1.165, 1.54) is 0 Å². The Kier molecular flexibility index (Phi) is 3.41. The van der Waals surface area contributed by atoms with Gasteiger partial charge in [-0.15, -0.1) is 0 Å². The van der Waals surface area contributed by atoms with Crippen LogP contribution in [-0.4, -0.2) is 25.3 Å². The maximum absolute atomic E-state index is 9.45. The molecule has 0 aromatic rings. The molecule has 0 aliphatic heterocycles. The summed E-state index contributed by atoms with van der Waals surface area (Å²) < 4.78 is 2.05. The second kappa shape index (κ2) is 3.33. The van der Waals surface area contributed by atoms with E-state index in [0.29, 0.717) is 0 Å². The fourth-order valence-electron chi connectivity index (χ4n) is 0.0390. The molecule has 6 heavy (non-hydrogen) atoms. The van der Waals surface area contributed by atoms with E-state index < -0.39 is 6.09 Å². The Bertz CT molecular complexity index is 57.5. The number of thiol groups is 1. The Morgan fingerprint density at radius 1 is 2.00 bits per heavy atom. The molecule has 0 saturated carbocycles. The van der Waals surface area contributed by atoms with Crippen LogP contribution in [0.5, 0.6) is 0 Å². The van der Waals surface area contributed by atoms with Crippen molar-refractivity contribution >= 4 is 31.2 Å². The van der Waals surface area contributed by atoms with Gasteiger partial charge in [0.15, 0.2) is 0 Å². The summed E-state index contributed by atoms with van der Waals surface area (Å²) in [5, 5.41) is 7.77. The molecule has 0 spiro atoms. The van der Waals surface area contributed by atoms with E-state index in [4.69, 9.17) is 5.11 Å². The second-order valence-electron chi connectivity index (χ2n) is 0.499. The summed E-state index contributed by atoms with van der Waals surface area (Å²) in [4.78, 5) is 9.45. The van der Waals surface area contributed by atoms with E-state index in [9.17, 15) is 4.79 Å². The van der Waals surface area contributed by atoms with Crippen molar-refractivity contribution < 1.29 is 9.90 Å². The molecule has 0 atom stereocenters. The first kappa shape index (κ1) is 6.14. The van der Waals surface area contributed by atoms with Crippen LogP contribution in [0.25, 0.3) is 0 Å². The fraction of sp³-hybridized carbons (Fsp3) is 0. The van der Waals surface area contributed by atoms with E-state index in [0.717, 1.165) is 0 Å². The van der Waals surface area contributed by atoms with Crippen LogP contribution in [0.4, 0.5) is 4.79 Å². The zero-order chi connectivity index (χ0) is 4.99. The van der Waals surface area contributed by atoms with E-state index in [1.807, 2.05) is 0 Å². The van der Waals surface area contributed by atoms with Gasteiger partial charge in [-0.05, 0) is 0 Å². The molecule has 0 radical (unpaired) electrons. The average Bonchev–Trinajstić information content (AvgIpc) is 1.35. The first-order chi connectivity index (χ1) is 2.77. The Hall–Kier alpha value is 0.139. The molecule has 0 saturated heterocycles. The average molecular weight is 172 g/mol. The third-order valence-electron chi connectivity index (χ3n) is 0.133. The van der Waals surface area contributed by atoms with Crippen molar-refractivity contribution in [3.05, 3.63) is 0 Å². The molecule has 1 amide bonds. The number of hydrogen-bond donors (Lipinski definition) is 3. The van der Waals surface area contributed by atoms with Crippen LogP contribution in [0.2, 0.25) is 0 Å². The van der Waals surface area contributed by atoms with Gasteiger partial charge in [0.2, 0.25) is 0 Å². The van der Waals surface area contributed by atoms with Crippen molar-refractivity contribution in [2.24, 2.45) is 0 Å². The predicted octanol–water partition coefficient (Wildman–Crippen LogP) is -0.282. The number of nitrogens with one attached hydrogen (secondary N) is 1. The fourth-order valence-corrected chi connectivity index (χ4v) is 0.609. The number of amides is 1. The van der Waals surface area contributed by atoms with Gasteiger partial charge in [0.05, 0.1) is 0 Å². The zero-order valence-electron chi connectivity index (χ0n) is 2.71. The molecule has 3 nitrogen and oxygen atoms in total. The van der Waals surface area contributed by atoms with Crippen LogP contribution in [0, 0.1) is 0 Å². The molecule has 0 aliphatic rings. The third-order valence-corrected chi connectivity index (χ3v) is 1.17. The van der Waals surface area contributed by atoms with Crippen LogP contribution in [0.15, 0.2) is 0 Å². The summed E-state index contributed by atoms with van der Waals surface area (Å²) in [6.45, 7) is 0. The third kappa shape index (κ3) is 4.14. The van der Waals surface area contributed by atoms with Crippen LogP contribution >= 0.6 is 11.0 Å². The Balaban J connectivity index is 2.83. The topological polar surface area (TPSA) is 49.3 Å². The first-order valence-corrected chi connectivity index (χ1v) is 4.58. The van der Waals surface area contributed by atoms with Gasteiger partial charge in [0.25, 0.3) is 0 Å². The molecule has 2 N–H and O–H groups in total. The minimum absolute atomic E-state index is 0.258. The number of hydrogen-bond acceptors (Lipinski definition) is 2. The molecule has 0 fully saturated rings. The van der Waals surface area contributed by atoms with Gasteiger partial charge in [-0.1, -0.05) is 0 Å². The zero-order valence-corrected chi connectivity index (χ0v) is 5.32. The summed E-state index contributed by atoms with van der Waals surface area (Å²) in [7, 11) is 0. The van der Waals surface area contributed by atoms with Crippen molar-refractivity contribution in [1.29, 1.82) is 0 Å². The van der Waals surface area contributed by atoms with Crippen molar-refractivity contribution in [3.63, 3.8) is 0 Å². The van der Waals surface area contributed by atoms with Crippen LogP contribution in [0.3, 0.4) is 0 Å². The standard InChI is InChI=1S/CH3NO2SSe/c3-1(4)2-6-5/h2,5H,(H,3,4).